The Kier molecular flexibility index (Phi) is 3.89. The molecule has 3 heterocycles. The number of amides is 1. The fourth-order valence-corrected chi connectivity index (χ4v) is 4.37. The van der Waals surface area contributed by atoms with Crippen LogP contribution in [-0.4, -0.2) is 15.9 Å². The zero-order valence-corrected chi connectivity index (χ0v) is 15.4. The van der Waals surface area contributed by atoms with Gasteiger partial charge in [-0.25, -0.2) is 9.97 Å². The molecule has 4 aromatic rings. The second kappa shape index (κ2) is 6.09. The number of nitrogens with zero attached hydrogens (tertiary/aromatic N) is 2. The average molecular weight is 368 g/mol. The Bertz CT molecular complexity index is 1110. The largest absolute Gasteiger partial charge is 0.397 e. The summed E-state index contributed by atoms with van der Waals surface area (Å²) in [5.41, 5.74) is 9.77. The topological polar surface area (TPSA) is 80.9 Å². The zero-order valence-electron chi connectivity index (χ0n) is 13.8. The van der Waals surface area contributed by atoms with E-state index < -0.39 is 0 Å². The average Bonchev–Trinajstić information content (AvgIpc) is 3.16. The van der Waals surface area contributed by atoms with Gasteiger partial charge < -0.3 is 5.73 Å². The third-order valence-corrected chi connectivity index (χ3v) is 6.02. The van der Waals surface area contributed by atoms with Crippen molar-refractivity contribution in [3.63, 3.8) is 0 Å². The minimum atomic E-state index is -0.242. The zero-order chi connectivity index (χ0) is 17.6. The van der Waals surface area contributed by atoms with Gasteiger partial charge in [-0.1, -0.05) is 13.0 Å². The van der Waals surface area contributed by atoms with Crippen molar-refractivity contribution in [2.24, 2.45) is 0 Å². The molecule has 0 aliphatic rings. The van der Waals surface area contributed by atoms with Gasteiger partial charge in [0.1, 0.15) is 9.71 Å². The summed E-state index contributed by atoms with van der Waals surface area (Å²) in [7, 11) is 0. The molecule has 0 atom stereocenters. The summed E-state index contributed by atoms with van der Waals surface area (Å²) in [4.78, 5) is 22.7. The van der Waals surface area contributed by atoms with Gasteiger partial charge in [-0.05, 0) is 37.1 Å². The molecule has 0 bridgehead atoms. The van der Waals surface area contributed by atoms with Crippen LogP contribution >= 0.6 is 22.7 Å². The van der Waals surface area contributed by atoms with Crippen LogP contribution in [0, 0.1) is 6.92 Å². The Morgan fingerprint density at radius 1 is 1.28 bits per heavy atom. The minimum Gasteiger partial charge on any atom is -0.397 e. The lowest BCUT2D eigenvalue weighted by atomic mass is 10.1. The van der Waals surface area contributed by atoms with Crippen LogP contribution in [0.2, 0.25) is 0 Å². The summed E-state index contributed by atoms with van der Waals surface area (Å²) < 4.78 is 0. The lowest BCUT2D eigenvalue weighted by Gasteiger charge is -2.02. The molecule has 3 aromatic heterocycles. The molecule has 3 N–H and O–H groups in total. The van der Waals surface area contributed by atoms with Crippen molar-refractivity contribution in [2.45, 2.75) is 20.3 Å². The van der Waals surface area contributed by atoms with E-state index in [1.54, 1.807) is 0 Å². The molecule has 0 saturated heterocycles. The highest BCUT2D eigenvalue weighted by molar-refractivity contribution is 7.21. The summed E-state index contributed by atoms with van der Waals surface area (Å²) in [5.74, 6) is -0.242. The number of thiazole rings is 1. The number of fused-ring (bicyclic) bond motifs is 2. The molecule has 0 fully saturated rings. The van der Waals surface area contributed by atoms with E-state index in [1.807, 2.05) is 24.4 Å². The number of benzene rings is 1. The summed E-state index contributed by atoms with van der Waals surface area (Å²) in [6, 6.07) is 8.24. The summed E-state index contributed by atoms with van der Waals surface area (Å²) >= 11 is 2.71. The molecule has 1 amide bonds. The molecule has 25 heavy (non-hydrogen) atoms. The molecule has 1 aromatic carbocycles. The minimum absolute atomic E-state index is 0.242. The number of carbonyl (C=O) groups is 1. The fourth-order valence-electron chi connectivity index (χ4n) is 2.71. The maximum Gasteiger partial charge on any atom is 0.269 e. The van der Waals surface area contributed by atoms with Crippen LogP contribution in [0.4, 0.5) is 10.8 Å². The molecule has 0 aliphatic carbocycles. The Morgan fingerprint density at radius 2 is 2.12 bits per heavy atom. The van der Waals surface area contributed by atoms with Gasteiger partial charge in [0.2, 0.25) is 0 Å². The van der Waals surface area contributed by atoms with Crippen LogP contribution in [0.25, 0.3) is 21.1 Å². The van der Waals surface area contributed by atoms with Crippen molar-refractivity contribution in [2.75, 3.05) is 11.1 Å². The molecule has 0 saturated carbocycles. The monoisotopic (exact) mass is 368 g/mol. The third kappa shape index (κ3) is 2.85. The number of aryl methyl sites for hydroxylation is 2. The van der Waals surface area contributed by atoms with Crippen molar-refractivity contribution in [1.82, 2.24) is 9.97 Å². The van der Waals surface area contributed by atoms with E-state index in [0.29, 0.717) is 15.7 Å². The smallest absolute Gasteiger partial charge is 0.269 e. The second-order valence-corrected chi connectivity index (χ2v) is 7.67. The Morgan fingerprint density at radius 3 is 2.84 bits per heavy atom. The van der Waals surface area contributed by atoms with E-state index in [0.717, 1.165) is 33.2 Å². The molecule has 0 aliphatic heterocycles. The van der Waals surface area contributed by atoms with Crippen LogP contribution in [0.3, 0.4) is 0 Å². The number of rotatable bonds is 3. The van der Waals surface area contributed by atoms with E-state index in [1.165, 1.54) is 28.2 Å². The van der Waals surface area contributed by atoms with Crippen molar-refractivity contribution in [3.8, 4) is 0 Å². The molecule has 0 spiro atoms. The van der Waals surface area contributed by atoms with Gasteiger partial charge in [0.25, 0.3) is 5.91 Å². The first-order chi connectivity index (χ1) is 12.0. The molecular weight excluding hydrogens is 352 g/mol. The van der Waals surface area contributed by atoms with Gasteiger partial charge in [-0.3, -0.25) is 10.1 Å². The van der Waals surface area contributed by atoms with Gasteiger partial charge in [0.05, 0.1) is 16.9 Å². The summed E-state index contributed by atoms with van der Waals surface area (Å²) in [6.07, 6.45) is 0.966. The molecular formula is C18H16N4OS2. The number of thiophene rings is 1. The van der Waals surface area contributed by atoms with E-state index >= 15 is 0 Å². The number of hydrogen-bond donors (Lipinski definition) is 2. The number of carbonyl (C=O) groups excluding carboxylic acids is 1. The Hall–Kier alpha value is -2.51. The number of nitrogen functional groups attached to an aromatic ring is 1. The predicted molar refractivity (Wildman–Crippen MR) is 106 cm³/mol. The number of aromatic nitrogens is 2. The SMILES string of the molecule is CCc1ccc2nc3sc(C(=O)Nc4nc(C)cs4)c(N)c3cc2c1. The quantitative estimate of drug-likeness (QED) is 0.553. The maximum atomic E-state index is 12.6. The second-order valence-electron chi connectivity index (χ2n) is 5.81. The van der Waals surface area contributed by atoms with Crippen LogP contribution in [0.1, 0.15) is 27.9 Å². The first-order valence-corrected chi connectivity index (χ1v) is 9.60. The van der Waals surface area contributed by atoms with E-state index in [9.17, 15) is 4.79 Å². The highest BCUT2D eigenvalue weighted by Gasteiger charge is 2.19. The standard InChI is InChI=1S/C18H16N4OS2/c1-3-10-4-5-13-11(6-10)7-12-14(19)15(25-17(12)21-13)16(23)22-18-20-9(2)8-24-18/h4-8H,3,19H2,1-2H3,(H,20,22,23). The van der Waals surface area contributed by atoms with Gasteiger partial charge in [0, 0.05) is 16.2 Å². The maximum absolute atomic E-state index is 12.6. The number of nitrogens with two attached hydrogens (primary N) is 1. The van der Waals surface area contributed by atoms with Crippen molar-refractivity contribution in [3.05, 3.63) is 45.8 Å². The van der Waals surface area contributed by atoms with E-state index in [-0.39, 0.29) is 5.91 Å². The highest BCUT2D eigenvalue weighted by atomic mass is 32.1. The molecule has 0 unspecified atom stereocenters. The Labute approximate surface area is 152 Å². The van der Waals surface area contributed by atoms with E-state index in [4.69, 9.17) is 5.73 Å². The summed E-state index contributed by atoms with van der Waals surface area (Å²) in [5, 5.41) is 7.14. The van der Waals surface area contributed by atoms with E-state index in [2.05, 4.69) is 34.3 Å². The lowest BCUT2D eigenvalue weighted by molar-refractivity contribution is 0.103. The van der Waals surface area contributed by atoms with Crippen molar-refractivity contribution >= 4 is 60.5 Å². The predicted octanol–water partition coefficient (Wildman–Crippen LogP) is 4.61. The number of hydrogen-bond acceptors (Lipinski definition) is 6. The number of anilines is 2. The lowest BCUT2D eigenvalue weighted by Crippen LogP contribution is -2.11. The Balaban J connectivity index is 1.78. The first kappa shape index (κ1) is 16.0. The fraction of sp³-hybridized carbons (Fsp3) is 0.167. The van der Waals surface area contributed by atoms with Gasteiger partial charge >= 0.3 is 0 Å². The summed E-state index contributed by atoms with van der Waals surface area (Å²) in [6.45, 7) is 4.01. The highest BCUT2D eigenvalue weighted by Crippen LogP contribution is 2.35. The van der Waals surface area contributed by atoms with Crippen LogP contribution in [-0.2, 0) is 6.42 Å². The number of pyridine rings is 1. The van der Waals surface area contributed by atoms with Gasteiger partial charge in [-0.15, -0.1) is 22.7 Å². The molecule has 4 rings (SSSR count). The van der Waals surface area contributed by atoms with Crippen LogP contribution in [0.15, 0.2) is 29.6 Å². The molecule has 0 radical (unpaired) electrons. The van der Waals surface area contributed by atoms with Crippen molar-refractivity contribution < 1.29 is 4.79 Å². The third-order valence-electron chi connectivity index (χ3n) is 4.03. The normalized spacial score (nSPS) is 11.3. The van der Waals surface area contributed by atoms with Gasteiger partial charge in [-0.2, -0.15) is 0 Å². The number of nitrogens with one attached hydrogen (secondary N) is 1. The molecule has 126 valence electrons. The van der Waals surface area contributed by atoms with Crippen molar-refractivity contribution in [1.29, 1.82) is 0 Å². The molecule has 5 nitrogen and oxygen atoms in total. The van der Waals surface area contributed by atoms with Crippen LogP contribution < -0.4 is 11.1 Å². The molecule has 7 heteroatoms. The van der Waals surface area contributed by atoms with Gasteiger partial charge in [0.15, 0.2) is 5.13 Å². The first-order valence-electron chi connectivity index (χ1n) is 7.90. The van der Waals surface area contributed by atoms with Crippen LogP contribution in [0.5, 0.6) is 0 Å².